The Morgan fingerprint density at radius 1 is 1.31 bits per heavy atom. The highest BCUT2D eigenvalue weighted by Crippen LogP contribution is 2.30. The van der Waals surface area contributed by atoms with Gasteiger partial charge in [-0.15, -0.1) is 0 Å². The monoisotopic (exact) mass is 378 g/mol. The molecular weight excluding hydrogens is 363 g/mol. The highest BCUT2D eigenvalue weighted by Gasteiger charge is 2.33. The number of esters is 1. The van der Waals surface area contributed by atoms with Crippen molar-refractivity contribution in [3.8, 4) is 0 Å². The number of benzene rings is 1. The molecule has 0 radical (unpaired) electrons. The largest absolute Gasteiger partial charge is 0.463 e. The Morgan fingerprint density at radius 3 is 2.69 bits per heavy atom. The summed E-state index contributed by atoms with van der Waals surface area (Å²) in [5.74, 6) is -2.78. The minimum absolute atomic E-state index is 0.110. The number of halogens is 2. The van der Waals surface area contributed by atoms with Crippen molar-refractivity contribution in [2.45, 2.75) is 26.3 Å². The summed E-state index contributed by atoms with van der Waals surface area (Å²) in [5, 5.41) is 2.54. The van der Waals surface area contributed by atoms with Crippen LogP contribution in [0.1, 0.15) is 38.5 Å². The molecule has 1 aliphatic rings. The van der Waals surface area contributed by atoms with E-state index in [1.54, 1.807) is 11.5 Å². The first-order valence-electron chi connectivity index (χ1n) is 7.96. The van der Waals surface area contributed by atoms with E-state index in [-0.39, 0.29) is 10.6 Å². The summed E-state index contributed by atoms with van der Waals surface area (Å²) in [7, 11) is 1.14. The van der Waals surface area contributed by atoms with Crippen LogP contribution in [0.5, 0.6) is 0 Å². The Bertz CT molecular complexity index is 936. The molecule has 6 nitrogen and oxygen atoms in total. The Labute approximate surface area is 153 Å². The quantitative estimate of drug-likeness (QED) is 0.503. The van der Waals surface area contributed by atoms with E-state index in [1.807, 2.05) is 0 Å². The smallest absolute Gasteiger partial charge is 0.379 e. The van der Waals surface area contributed by atoms with E-state index in [2.05, 4.69) is 10.1 Å². The first-order valence-corrected chi connectivity index (χ1v) is 8.34. The third-order valence-electron chi connectivity index (χ3n) is 4.40. The number of fused-ring (bicyclic) bond motifs is 1. The van der Waals surface area contributed by atoms with E-state index in [1.165, 1.54) is 12.1 Å². The first kappa shape index (κ1) is 18.1. The predicted molar refractivity (Wildman–Crippen MR) is 93.2 cm³/mol. The van der Waals surface area contributed by atoms with Gasteiger partial charge in [0.15, 0.2) is 0 Å². The highest BCUT2D eigenvalue weighted by atomic mass is 35.5. The van der Waals surface area contributed by atoms with Gasteiger partial charge < -0.3 is 14.6 Å². The lowest BCUT2D eigenvalue weighted by Crippen LogP contribution is -2.19. The Kier molecular flexibility index (Phi) is 4.82. The summed E-state index contributed by atoms with van der Waals surface area (Å²) in [6.45, 7) is 2.19. The van der Waals surface area contributed by atoms with Gasteiger partial charge in [-0.05, 0) is 43.5 Å². The number of hydrogen-bond acceptors (Lipinski definition) is 4. The number of rotatable bonds is 4. The normalized spacial score (nSPS) is 12.6. The maximum absolute atomic E-state index is 13.3. The van der Waals surface area contributed by atoms with Gasteiger partial charge in [0.1, 0.15) is 11.5 Å². The van der Waals surface area contributed by atoms with Gasteiger partial charge in [0.2, 0.25) is 0 Å². The zero-order chi connectivity index (χ0) is 19.0. The number of ether oxygens (including phenoxy) is 1. The first-order chi connectivity index (χ1) is 12.3. The van der Waals surface area contributed by atoms with Crippen LogP contribution in [-0.2, 0) is 22.5 Å². The molecule has 0 bridgehead atoms. The van der Waals surface area contributed by atoms with Gasteiger partial charge >= 0.3 is 5.97 Å². The molecule has 1 aliphatic heterocycles. The van der Waals surface area contributed by atoms with Crippen LogP contribution < -0.4 is 5.32 Å². The van der Waals surface area contributed by atoms with E-state index >= 15 is 0 Å². The minimum Gasteiger partial charge on any atom is -0.463 e. The molecule has 1 aromatic heterocycles. The van der Waals surface area contributed by atoms with Crippen LogP contribution in [0, 0.1) is 12.7 Å². The van der Waals surface area contributed by atoms with Crippen molar-refractivity contribution in [1.82, 2.24) is 4.57 Å². The zero-order valence-electron chi connectivity index (χ0n) is 14.2. The fourth-order valence-corrected chi connectivity index (χ4v) is 3.45. The van der Waals surface area contributed by atoms with E-state index in [0.717, 1.165) is 19.6 Å². The second-order valence-electron chi connectivity index (χ2n) is 5.95. The molecule has 1 amide bonds. The van der Waals surface area contributed by atoms with Crippen LogP contribution in [0.25, 0.3) is 0 Å². The van der Waals surface area contributed by atoms with Gasteiger partial charge in [0, 0.05) is 17.9 Å². The third-order valence-corrected chi connectivity index (χ3v) is 4.69. The third kappa shape index (κ3) is 2.99. The summed E-state index contributed by atoms with van der Waals surface area (Å²) in [5.41, 5.74) is 1.91. The maximum Gasteiger partial charge on any atom is 0.379 e. The molecule has 0 aliphatic carbocycles. The molecule has 8 heteroatoms. The molecule has 3 rings (SSSR count). The fourth-order valence-electron chi connectivity index (χ4n) is 3.27. The number of anilines is 1. The van der Waals surface area contributed by atoms with Crippen molar-refractivity contribution in [2.75, 3.05) is 12.4 Å². The van der Waals surface area contributed by atoms with Crippen molar-refractivity contribution in [3.05, 3.63) is 51.6 Å². The van der Waals surface area contributed by atoms with Gasteiger partial charge in [-0.3, -0.25) is 9.59 Å². The predicted octanol–water partition coefficient (Wildman–Crippen LogP) is 3.14. The number of amides is 1. The van der Waals surface area contributed by atoms with Crippen LogP contribution in [0.2, 0.25) is 5.02 Å². The summed E-state index contributed by atoms with van der Waals surface area (Å²) in [6, 6.07) is 3.85. The van der Waals surface area contributed by atoms with Gasteiger partial charge in [0.25, 0.3) is 11.7 Å². The van der Waals surface area contributed by atoms with Gasteiger partial charge in [0.05, 0.1) is 17.7 Å². The fraction of sp³-hybridized carbons (Fsp3) is 0.278. The van der Waals surface area contributed by atoms with Crippen molar-refractivity contribution < 1.29 is 23.5 Å². The molecule has 0 atom stereocenters. The summed E-state index contributed by atoms with van der Waals surface area (Å²) >= 11 is 5.74. The Balaban J connectivity index is 2.00. The maximum atomic E-state index is 13.3. The summed E-state index contributed by atoms with van der Waals surface area (Å²) in [6.07, 6.45) is 1.36. The molecule has 26 heavy (non-hydrogen) atoms. The van der Waals surface area contributed by atoms with E-state index in [4.69, 9.17) is 11.6 Å². The van der Waals surface area contributed by atoms with E-state index in [9.17, 15) is 18.8 Å². The zero-order valence-corrected chi connectivity index (χ0v) is 14.9. The molecule has 136 valence electrons. The standard InChI is InChI=1S/C18H16ClFN2O4/c1-9-14(16(23)18(25)26-2)13-4-3-7-22(13)15(9)17(24)21-10-5-6-12(20)11(19)8-10/h5-6,8H,3-4,7H2,1-2H3,(H,21,24). The van der Waals surface area contributed by atoms with Crippen molar-refractivity contribution in [1.29, 1.82) is 0 Å². The molecule has 1 N–H and O–H groups in total. The number of hydrogen-bond donors (Lipinski definition) is 1. The molecule has 2 heterocycles. The number of methoxy groups -OCH3 is 1. The molecule has 1 aromatic carbocycles. The topological polar surface area (TPSA) is 77.4 Å². The number of carbonyl (C=O) groups excluding carboxylic acids is 3. The van der Waals surface area contributed by atoms with E-state index < -0.39 is 23.5 Å². The molecule has 0 saturated carbocycles. The molecule has 2 aromatic rings. The average Bonchev–Trinajstić information content (AvgIpc) is 3.16. The van der Waals surface area contributed by atoms with Crippen LogP contribution in [0.3, 0.4) is 0 Å². The van der Waals surface area contributed by atoms with E-state index in [0.29, 0.717) is 35.6 Å². The van der Waals surface area contributed by atoms with Crippen LogP contribution in [0.15, 0.2) is 18.2 Å². The number of nitrogens with one attached hydrogen (secondary N) is 1. The highest BCUT2D eigenvalue weighted by molar-refractivity contribution is 6.41. The lowest BCUT2D eigenvalue weighted by Gasteiger charge is -2.09. The number of ketones is 1. The minimum atomic E-state index is -0.967. The molecular formula is C18H16ClFN2O4. The molecule has 0 unspecified atom stereocenters. The Morgan fingerprint density at radius 2 is 2.04 bits per heavy atom. The lowest BCUT2D eigenvalue weighted by molar-refractivity contribution is -0.135. The van der Waals surface area contributed by atoms with Crippen LogP contribution >= 0.6 is 11.6 Å². The van der Waals surface area contributed by atoms with Crippen molar-refractivity contribution in [3.63, 3.8) is 0 Å². The van der Waals surface area contributed by atoms with Crippen LogP contribution in [-0.4, -0.2) is 29.3 Å². The van der Waals surface area contributed by atoms with Crippen LogP contribution in [0.4, 0.5) is 10.1 Å². The SMILES string of the molecule is COC(=O)C(=O)c1c(C)c(C(=O)Nc2ccc(F)c(Cl)c2)n2c1CCC2. The van der Waals surface area contributed by atoms with Crippen molar-refractivity contribution >= 4 is 34.9 Å². The lowest BCUT2D eigenvalue weighted by atomic mass is 10.0. The molecule has 0 spiro atoms. The number of carbonyl (C=O) groups is 3. The summed E-state index contributed by atoms with van der Waals surface area (Å²) < 4.78 is 19.5. The second kappa shape index (κ2) is 6.92. The second-order valence-corrected chi connectivity index (χ2v) is 6.36. The Hall–Kier alpha value is -2.67. The number of nitrogens with zero attached hydrogens (tertiary/aromatic N) is 1. The number of Topliss-reactive ketones (excluding diaryl/α,β-unsaturated/α-hetero) is 1. The van der Waals surface area contributed by atoms with Gasteiger partial charge in [-0.2, -0.15) is 0 Å². The summed E-state index contributed by atoms with van der Waals surface area (Å²) in [4.78, 5) is 36.8. The molecule has 0 saturated heterocycles. The molecule has 0 fully saturated rings. The van der Waals surface area contributed by atoms with Crippen molar-refractivity contribution in [2.24, 2.45) is 0 Å². The van der Waals surface area contributed by atoms with Gasteiger partial charge in [-0.1, -0.05) is 11.6 Å². The number of aromatic nitrogens is 1. The van der Waals surface area contributed by atoms with Gasteiger partial charge in [-0.25, -0.2) is 9.18 Å². The average molecular weight is 379 g/mol.